The molecule has 1 aromatic heterocycles. The fourth-order valence-corrected chi connectivity index (χ4v) is 5.12. The Hall–Kier alpha value is -3.61. The molecule has 190 valence electrons. The third-order valence-corrected chi connectivity index (χ3v) is 7.44. The minimum absolute atomic E-state index is 0.0641. The monoisotopic (exact) mass is 511 g/mol. The Morgan fingerprint density at radius 1 is 0.811 bits per heavy atom. The van der Waals surface area contributed by atoms with Crippen LogP contribution < -0.4 is 5.32 Å². The molecular formula is C31H33N3O2S. The van der Waals surface area contributed by atoms with Gasteiger partial charge in [0, 0.05) is 18.5 Å². The maximum absolute atomic E-state index is 13.2. The number of anilines is 1. The molecule has 4 rings (SSSR count). The van der Waals surface area contributed by atoms with E-state index >= 15 is 0 Å². The first-order valence-electron chi connectivity index (χ1n) is 12.8. The van der Waals surface area contributed by atoms with E-state index in [4.69, 9.17) is 0 Å². The minimum Gasteiger partial charge on any atom is -0.298 e. The maximum atomic E-state index is 13.2. The van der Waals surface area contributed by atoms with Crippen molar-refractivity contribution in [1.82, 2.24) is 9.88 Å². The molecule has 1 amide bonds. The van der Waals surface area contributed by atoms with Gasteiger partial charge in [0.05, 0.1) is 10.6 Å². The van der Waals surface area contributed by atoms with Gasteiger partial charge in [0.2, 0.25) is 0 Å². The molecule has 1 heterocycles. The first kappa shape index (κ1) is 26.5. The third-order valence-electron chi connectivity index (χ3n) is 6.39. The summed E-state index contributed by atoms with van der Waals surface area (Å²) in [5.41, 5.74) is 4.81. The van der Waals surface area contributed by atoms with E-state index in [0.29, 0.717) is 35.0 Å². The standard InChI is InChI=1S/C31H33N3O2S/c1-3-34(4-2)22-27-29(28(35)20-17-23-11-7-5-8-12-23)37-31(32-27)33-30(36)26-18-15-25(16-19-26)21-24-13-9-6-10-14-24/h5-16,18-19H,3-4,17,20-22H2,1-2H3,(H,32,33,36). The van der Waals surface area contributed by atoms with Crippen LogP contribution >= 0.6 is 11.3 Å². The summed E-state index contributed by atoms with van der Waals surface area (Å²) < 4.78 is 0. The van der Waals surface area contributed by atoms with Gasteiger partial charge in [-0.1, -0.05) is 98.0 Å². The molecule has 0 radical (unpaired) electrons. The van der Waals surface area contributed by atoms with Crippen LogP contribution in [0.15, 0.2) is 84.9 Å². The average molecular weight is 512 g/mol. The van der Waals surface area contributed by atoms with Gasteiger partial charge in [-0.3, -0.25) is 19.8 Å². The van der Waals surface area contributed by atoms with Crippen LogP contribution in [0.3, 0.4) is 0 Å². The summed E-state index contributed by atoms with van der Waals surface area (Å²) in [4.78, 5) is 33.7. The van der Waals surface area contributed by atoms with E-state index in [1.165, 1.54) is 16.9 Å². The summed E-state index contributed by atoms with van der Waals surface area (Å²) in [6, 6.07) is 27.9. The zero-order valence-corrected chi connectivity index (χ0v) is 22.3. The second kappa shape index (κ2) is 13.1. The van der Waals surface area contributed by atoms with Gasteiger partial charge in [-0.2, -0.15) is 0 Å². The molecule has 0 aliphatic heterocycles. The highest BCUT2D eigenvalue weighted by molar-refractivity contribution is 7.17. The molecule has 0 saturated carbocycles. The molecule has 37 heavy (non-hydrogen) atoms. The van der Waals surface area contributed by atoms with E-state index < -0.39 is 0 Å². The van der Waals surface area contributed by atoms with E-state index in [0.717, 1.165) is 36.3 Å². The van der Waals surface area contributed by atoms with Crippen LogP contribution in [0.25, 0.3) is 0 Å². The summed E-state index contributed by atoms with van der Waals surface area (Å²) in [6.45, 7) is 6.50. The van der Waals surface area contributed by atoms with Crippen LogP contribution in [0.2, 0.25) is 0 Å². The van der Waals surface area contributed by atoms with Gasteiger partial charge in [-0.15, -0.1) is 0 Å². The lowest BCUT2D eigenvalue weighted by atomic mass is 10.0. The maximum Gasteiger partial charge on any atom is 0.257 e. The number of amides is 1. The first-order chi connectivity index (χ1) is 18.1. The number of hydrogen-bond donors (Lipinski definition) is 1. The molecule has 0 spiro atoms. The van der Waals surface area contributed by atoms with Crippen LogP contribution in [-0.2, 0) is 19.4 Å². The molecule has 3 aromatic carbocycles. The highest BCUT2D eigenvalue weighted by atomic mass is 32.1. The van der Waals surface area contributed by atoms with Crippen molar-refractivity contribution < 1.29 is 9.59 Å². The number of nitrogens with one attached hydrogen (secondary N) is 1. The van der Waals surface area contributed by atoms with Crippen LogP contribution in [0.5, 0.6) is 0 Å². The van der Waals surface area contributed by atoms with E-state index in [1.54, 1.807) is 0 Å². The van der Waals surface area contributed by atoms with Crippen molar-refractivity contribution >= 4 is 28.2 Å². The molecule has 0 aliphatic carbocycles. The Morgan fingerprint density at radius 3 is 2.03 bits per heavy atom. The molecular weight excluding hydrogens is 478 g/mol. The molecule has 4 aromatic rings. The highest BCUT2D eigenvalue weighted by Crippen LogP contribution is 2.27. The van der Waals surface area contributed by atoms with Crippen molar-refractivity contribution in [3.8, 4) is 0 Å². The molecule has 1 N–H and O–H groups in total. The van der Waals surface area contributed by atoms with Gasteiger partial charge < -0.3 is 0 Å². The van der Waals surface area contributed by atoms with Gasteiger partial charge in [-0.25, -0.2) is 4.98 Å². The number of rotatable bonds is 12. The van der Waals surface area contributed by atoms with Crippen molar-refractivity contribution in [1.29, 1.82) is 0 Å². The Labute approximate surface area is 223 Å². The van der Waals surface area contributed by atoms with Crippen LogP contribution in [0.4, 0.5) is 5.13 Å². The summed E-state index contributed by atoms with van der Waals surface area (Å²) >= 11 is 1.27. The summed E-state index contributed by atoms with van der Waals surface area (Å²) in [7, 11) is 0. The lowest BCUT2D eigenvalue weighted by molar-refractivity contribution is 0.0983. The SMILES string of the molecule is CCN(CC)Cc1nc(NC(=O)c2ccc(Cc3ccccc3)cc2)sc1C(=O)CCc1ccccc1. The Morgan fingerprint density at radius 2 is 1.41 bits per heavy atom. The fraction of sp³-hybridized carbons (Fsp3) is 0.258. The quantitative estimate of drug-likeness (QED) is 0.217. The Kier molecular flexibility index (Phi) is 9.35. The number of aryl methyl sites for hydroxylation is 1. The van der Waals surface area contributed by atoms with Crippen molar-refractivity contribution in [2.75, 3.05) is 18.4 Å². The third kappa shape index (κ3) is 7.44. The van der Waals surface area contributed by atoms with Gasteiger partial charge in [0.1, 0.15) is 0 Å². The van der Waals surface area contributed by atoms with Gasteiger partial charge in [0.25, 0.3) is 5.91 Å². The largest absolute Gasteiger partial charge is 0.298 e. The number of carbonyl (C=O) groups excluding carboxylic acids is 2. The second-order valence-corrected chi connectivity index (χ2v) is 9.98. The molecule has 0 unspecified atom stereocenters. The topological polar surface area (TPSA) is 62.3 Å². The van der Waals surface area contributed by atoms with E-state index in [-0.39, 0.29) is 11.7 Å². The van der Waals surface area contributed by atoms with Crippen molar-refractivity contribution in [2.45, 2.75) is 39.7 Å². The number of benzene rings is 3. The smallest absolute Gasteiger partial charge is 0.257 e. The van der Waals surface area contributed by atoms with E-state index in [2.05, 4.69) is 41.2 Å². The second-order valence-electron chi connectivity index (χ2n) is 8.98. The minimum atomic E-state index is -0.224. The summed E-state index contributed by atoms with van der Waals surface area (Å²) in [5.74, 6) is -0.160. The van der Waals surface area contributed by atoms with Gasteiger partial charge >= 0.3 is 0 Å². The van der Waals surface area contributed by atoms with E-state index in [9.17, 15) is 9.59 Å². The van der Waals surface area contributed by atoms with Gasteiger partial charge in [0.15, 0.2) is 10.9 Å². The zero-order valence-electron chi connectivity index (χ0n) is 21.4. The van der Waals surface area contributed by atoms with Crippen LogP contribution in [0, 0.1) is 0 Å². The Bertz CT molecular complexity index is 1300. The number of ketones is 1. The molecule has 0 bridgehead atoms. The fourth-order valence-electron chi connectivity index (χ4n) is 4.18. The zero-order chi connectivity index (χ0) is 26.0. The summed E-state index contributed by atoms with van der Waals surface area (Å²) in [6.07, 6.45) is 1.91. The van der Waals surface area contributed by atoms with Crippen LogP contribution in [0.1, 0.15) is 62.7 Å². The first-order valence-corrected chi connectivity index (χ1v) is 13.6. The van der Waals surface area contributed by atoms with Crippen LogP contribution in [-0.4, -0.2) is 34.7 Å². The average Bonchev–Trinajstić information content (AvgIpc) is 3.33. The predicted molar refractivity (Wildman–Crippen MR) is 151 cm³/mol. The lowest BCUT2D eigenvalue weighted by Gasteiger charge is -2.17. The summed E-state index contributed by atoms with van der Waals surface area (Å²) in [5, 5.41) is 3.39. The molecule has 0 aliphatic rings. The molecule has 5 nitrogen and oxygen atoms in total. The molecule has 0 saturated heterocycles. The molecule has 0 atom stereocenters. The van der Waals surface area contributed by atoms with Crippen molar-refractivity contribution in [3.63, 3.8) is 0 Å². The number of Topliss-reactive ketones (excluding diaryl/α,β-unsaturated/α-hetero) is 1. The predicted octanol–water partition coefficient (Wildman–Crippen LogP) is 6.64. The van der Waals surface area contributed by atoms with Crippen molar-refractivity contribution in [2.24, 2.45) is 0 Å². The number of carbonyl (C=O) groups is 2. The van der Waals surface area contributed by atoms with E-state index in [1.807, 2.05) is 72.8 Å². The lowest BCUT2D eigenvalue weighted by Crippen LogP contribution is -2.23. The number of nitrogens with zero attached hydrogens (tertiary/aromatic N) is 2. The molecule has 0 fully saturated rings. The Balaban J connectivity index is 1.46. The van der Waals surface area contributed by atoms with Crippen molar-refractivity contribution in [3.05, 3.63) is 118 Å². The normalized spacial score (nSPS) is 11.0. The molecule has 6 heteroatoms. The number of aromatic nitrogens is 1. The number of hydrogen-bond acceptors (Lipinski definition) is 5. The number of thiazole rings is 1. The van der Waals surface area contributed by atoms with Gasteiger partial charge in [-0.05, 0) is 54.8 Å². The highest BCUT2D eigenvalue weighted by Gasteiger charge is 2.21.